The van der Waals surface area contributed by atoms with E-state index in [0.29, 0.717) is 10.6 Å². The first-order chi connectivity index (χ1) is 15.0. The Kier molecular flexibility index (Phi) is 7.76. The zero-order valence-corrected chi connectivity index (χ0v) is 17.8. The molecule has 1 heterocycles. The average molecular weight is 439 g/mol. The Morgan fingerprint density at radius 2 is 1.77 bits per heavy atom. The van der Waals surface area contributed by atoms with E-state index in [4.69, 9.17) is 16.3 Å². The molecular formula is C24H23ClN2O4. The number of esters is 1. The molecule has 0 saturated carbocycles. The van der Waals surface area contributed by atoms with Gasteiger partial charge in [-0.15, -0.1) is 0 Å². The van der Waals surface area contributed by atoms with Gasteiger partial charge in [-0.2, -0.15) is 0 Å². The van der Waals surface area contributed by atoms with Crippen LogP contribution in [0.3, 0.4) is 0 Å². The fraction of sp³-hybridized carbons (Fsp3) is 0.208. The minimum atomic E-state index is -1.56. The first-order valence-electron chi connectivity index (χ1n) is 9.90. The Bertz CT molecular complexity index is 1040. The normalized spacial score (nSPS) is 12.6. The zero-order valence-electron chi connectivity index (χ0n) is 17.0. The maximum atomic E-state index is 12.9. The van der Waals surface area contributed by atoms with Crippen LogP contribution in [0.1, 0.15) is 23.0 Å². The second-order valence-electron chi connectivity index (χ2n) is 6.87. The van der Waals surface area contributed by atoms with E-state index in [9.17, 15) is 14.7 Å². The van der Waals surface area contributed by atoms with Crippen molar-refractivity contribution in [2.24, 2.45) is 0 Å². The van der Waals surface area contributed by atoms with Crippen molar-refractivity contribution in [1.82, 2.24) is 10.3 Å². The third kappa shape index (κ3) is 5.90. The molecule has 0 saturated heterocycles. The van der Waals surface area contributed by atoms with E-state index in [1.54, 1.807) is 49.5 Å². The molecule has 1 aromatic heterocycles. The molecule has 0 aliphatic carbocycles. The number of benzene rings is 2. The lowest BCUT2D eigenvalue weighted by Gasteiger charge is -2.23. The predicted molar refractivity (Wildman–Crippen MR) is 119 cm³/mol. The number of pyridine rings is 1. The molecule has 7 heteroatoms. The first kappa shape index (κ1) is 22.5. The zero-order chi connectivity index (χ0) is 22.2. The number of nitrogens with zero attached hydrogens (tertiary/aromatic N) is 1. The van der Waals surface area contributed by atoms with Crippen molar-refractivity contribution in [2.45, 2.75) is 25.5 Å². The third-order valence-corrected chi connectivity index (χ3v) is 5.09. The smallest absolute Gasteiger partial charge is 0.337 e. The molecule has 3 rings (SSSR count). The molecule has 0 fully saturated rings. The molecule has 3 aromatic rings. The molecule has 2 atom stereocenters. The number of carbonyl (C=O) groups is 2. The number of ether oxygens (including phenoxy) is 1. The van der Waals surface area contributed by atoms with Crippen molar-refractivity contribution in [2.75, 3.05) is 6.61 Å². The van der Waals surface area contributed by atoms with Gasteiger partial charge in [0.1, 0.15) is 5.69 Å². The second kappa shape index (κ2) is 10.7. The van der Waals surface area contributed by atoms with Crippen LogP contribution in [0, 0.1) is 0 Å². The van der Waals surface area contributed by atoms with E-state index in [2.05, 4.69) is 10.3 Å². The lowest BCUT2D eigenvalue weighted by atomic mass is 10.0. The highest BCUT2D eigenvalue weighted by molar-refractivity contribution is 6.31. The number of aliphatic hydroxyl groups is 1. The summed E-state index contributed by atoms with van der Waals surface area (Å²) >= 11 is 6.23. The van der Waals surface area contributed by atoms with Crippen molar-refractivity contribution in [3.63, 3.8) is 0 Å². The quantitative estimate of drug-likeness (QED) is 0.524. The summed E-state index contributed by atoms with van der Waals surface area (Å²) in [5.74, 6) is -1.33. The number of aliphatic hydroxyl groups excluding tert-OH is 1. The number of aromatic nitrogens is 1. The van der Waals surface area contributed by atoms with Gasteiger partial charge < -0.3 is 15.2 Å². The summed E-state index contributed by atoms with van der Waals surface area (Å²) < 4.78 is 4.93. The van der Waals surface area contributed by atoms with Crippen LogP contribution in [0.15, 0.2) is 72.9 Å². The van der Waals surface area contributed by atoms with E-state index in [0.717, 1.165) is 11.1 Å². The molecule has 2 N–H and O–H groups in total. The highest BCUT2D eigenvalue weighted by Gasteiger charge is 2.30. The minimum Gasteiger partial charge on any atom is -0.464 e. The molecule has 0 aliphatic rings. The molecule has 0 radical (unpaired) electrons. The number of hydrogen-bond donors (Lipinski definition) is 2. The minimum absolute atomic E-state index is 0.114. The molecular weight excluding hydrogens is 416 g/mol. The van der Waals surface area contributed by atoms with E-state index in [1.807, 2.05) is 30.3 Å². The van der Waals surface area contributed by atoms with Gasteiger partial charge in [-0.05, 0) is 48.2 Å². The SMILES string of the molecule is CCOC(=O)[C@H](O)[C@@H](Cc1ccccc1Cl)NC(=O)c1cc(-c2ccccc2)ccn1. The van der Waals surface area contributed by atoms with E-state index >= 15 is 0 Å². The summed E-state index contributed by atoms with van der Waals surface area (Å²) in [6.45, 7) is 1.76. The summed E-state index contributed by atoms with van der Waals surface area (Å²) in [7, 11) is 0. The lowest BCUT2D eigenvalue weighted by Crippen LogP contribution is -2.49. The predicted octanol–water partition coefficient (Wildman–Crippen LogP) is 3.67. The lowest BCUT2D eigenvalue weighted by molar-refractivity contribution is -0.154. The summed E-state index contributed by atoms with van der Waals surface area (Å²) in [4.78, 5) is 29.2. The first-order valence-corrected chi connectivity index (χ1v) is 10.3. The van der Waals surface area contributed by atoms with Gasteiger partial charge in [0.05, 0.1) is 12.6 Å². The van der Waals surface area contributed by atoms with Crippen LogP contribution in [0.5, 0.6) is 0 Å². The highest BCUT2D eigenvalue weighted by Crippen LogP contribution is 2.20. The summed E-state index contributed by atoms with van der Waals surface area (Å²) in [5.41, 5.74) is 2.62. The molecule has 0 aliphatic heterocycles. The molecule has 6 nitrogen and oxygen atoms in total. The van der Waals surface area contributed by atoms with Crippen molar-refractivity contribution >= 4 is 23.5 Å². The van der Waals surface area contributed by atoms with Crippen molar-refractivity contribution in [3.05, 3.63) is 89.2 Å². The second-order valence-corrected chi connectivity index (χ2v) is 7.28. The largest absolute Gasteiger partial charge is 0.464 e. The number of nitrogens with one attached hydrogen (secondary N) is 1. The Hall–Kier alpha value is -3.22. The van der Waals surface area contributed by atoms with Gasteiger partial charge in [0.2, 0.25) is 0 Å². The number of carbonyl (C=O) groups excluding carboxylic acids is 2. The standard InChI is InChI=1S/C24H23ClN2O4/c1-2-31-24(30)22(28)20(15-18-10-6-7-11-19(18)25)27-23(29)21-14-17(12-13-26-21)16-8-4-3-5-9-16/h3-14,20,22,28H,2,15H2,1H3,(H,27,29)/t20-,22-/m1/s1. The molecule has 2 aromatic carbocycles. The Morgan fingerprint density at radius 1 is 1.06 bits per heavy atom. The maximum Gasteiger partial charge on any atom is 0.337 e. The van der Waals surface area contributed by atoms with Gasteiger partial charge in [-0.1, -0.05) is 60.1 Å². The summed E-state index contributed by atoms with van der Waals surface area (Å²) in [6, 6.07) is 19.2. The number of hydrogen-bond acceptors (Lipinski definition) is 5. The monoisotopic (exact) mass is 438 g/mol. The van der Waals surface area contributed by atoms with Crippen LogP contribution in [0.4, 0.5) is 0 Å². The van der Waals surface area contributed by atoms with Crippen LogP contribution in [0.25, 0.3) is 11.1 Å². The molecule has 0 unspecified atom stereocenters. The van der Waals surface area contributed by atoms with Crippen LogP contribution in [0.2, 0.25) is 5.02 Å². The molecule has 0 spiro atoms. The Labute approximate surface area is 185 Å². The van der Waals surface area contributed by atoms with Gasteiger partial charge in [-0.25, -0.2) is 4.79 Å². The van der Waals surface area contributed by atoms with Crippen molar-refractivity contribution < 1.29 is 19.4 Å². The average Bonchev–Trinajstić information content (AvgIpc) is 2.80. The topological polar surface area (TPSA) is 88.5 Å². The Balaban J connectivity index is 1.84. The summed E-state index contributed by atoms with van der Waals surface area (Å²) in [5, 5.41) is 13.7. The van der Waals surface area contributed by atoms with Crippen molar-refractivity contribution in [1.29, 1.82) is 0 Å². The van der Waals surface area contributed by atoms with Gasteiger partial charge in [0.15, 0.2) is 6.10 Å². The van der Waals surface area contributed by atoms with E-state index in [1.165, 1.54) is 0 Å². The van der Waals surface area contributed by atoms with Gasteiger partial charge in [0, 0.05) is 11.2 Å². The van der Waals surface area contributed by atoms with Crippen LogP contribution in [-0.2, 0) is 16.0 Å². The Morgan fingerprint density at radius 3 is 2.48 bits per heavy atom. The van der Waals surface area contributed by atoms with Gasteiger partial charge in [-0.3, -0.25) is 9.78 Å². The van der Waals surface area contributed by atoms with Gasteiger partial charge in [0.25, 0.3) is 5.91 Å². The number of halogens is 1. The van der Waals surface area contributed by atoms with Crippen molar-refractivity contribution in [3.8, 4) is 11.1 Å². The van der Waals surface area contributed by atoms with E-state index < -0.39 is 24.0 Å². The van der Waals surface area contributed by atoms with Crippen LogP contribution < -0.4 is 5.32 Å². The summed E-state index contributed by atoms with van der Waals surface area (Å²) in [6.07, 6.45) is 0.128. The molecule has 1 amide bonds. The molecule has 0 bridgehead atoms. The van der Waals surface area contributed by atoms with E-state index in [-0.39, 0.29) is 18.7 Å². The van der Waals surface area contributed by atoms with Gasteiger partial charge >= 0.3 is 5.97 Å². The third-order valence-electron chi connectivity index (χ3n) is 4.72. The fourth-order valence-corrected chi connectivity index (χ4v) is 3.35. The van der Waals surface area contributed by atoms with Crippen LogP contribution >= 0.6 is 11.6 Å². The maximum absolute atomic E-state index is 12.9. The fourth-order valence-electron chi connectivity index (χ4n) is 3.14. The number of rotatable bonds is 8. The molecule has 160 valence electrons. The molecule has 31 heavy (non-hydrogen) atoms. The number of amides is 1. The highest BCUT2D eigenvalue weighted by atomic mass is 35.5. The van der Waals surface area contributed by atoms with Crippen LogP contribution in [-0.4, -0.2) is 40.7 Å².